The minimum absolute atomic E-state index is 0.417. The molecule has 3 heteroatoms. The average molecular weight is 266 g/mol. The topological polar surface area (TPSA) is 45.0 Å². The SMILES string of the molecule is CCCCCCCOCC(C#N)(NCCC)C1CC1. The van der Waals surface area contributed by atoms with Crippen LogP contribution >= 0.6 is 0 Å². The normalized spacial score (nSPS) is 17.9. The molecule has 110 valence electrons. The summed E-state index contributed by atoms with van der Waals surface area (Å²) in [5.41, 5.74) is -0.417. The van der Waals surface area contributed by atoms with E-state index in [2.05, 4.69) is 25.2 Å². The zero-order valence-electron chi connectivity index (χ0n) is 12.7. The van der Waals surface area contributed by atoms with E-state index in [1.165, 1.54) is 38.5 Å². The fourth-order valence-corrected chi connectivity index (χ4v) is 2.44. The van der Waals surface area contributed by atoms with Crippen molar-refractivity contribution >= 4 is 0 Å². The summed E-state index contributed by atoms with van der Waals surface area (Å²) in [5.74, 6) is 0.504. The van der Waals surface area contributed by atoms with Crippen LogP contribution < -0.4 is 5.32 Å². The fourth-order valence-electron chi connectivity index (χ4n) is 2.44. The van der Waals surface area contributed by atoms with Gasteiger partial charge in [0.2, 0.25) is 0 Å². The first-order valence-corrected chi connectivity index (χ1v) is 8.03. The molecule has 0 spiro atoms. The van der Waals surface area contributed by atoms with E-state index >= 15 is 0 Å². The van der Waals surface area contributed by atoms with Crippen LogP contribution in [0.25, 0.3) is 0 Å². The highest BCUT2D eigenvalue weighted by atomic mass is 16.5. The van der Waals surface area contributed by atoms with Crippen molar-refractivity contribution in [3.8, 4) is 6.07 Å². The second-order valence-electron chi connectivity index (χ2n) is 5.75. The van der Waals surface area contributed by atoms with Gasteiger partial charge < -0.3 is 4.74 Å². The van der Waals surface area contributed by atoms with Crippen LogP contribution in [-0.4, -0.2) is 25.3 Å². The highest BCUT2D eigenvalue weighted by Crippen LogP contribution is 2.39. The molecule has 1 rings (SSSR count). The summed E-state index contributed by atoms with van der Waals surface area (Å²) in [6, 6.07) is 2.49. The van der Waals surface area contributed by atoms with Gasteiger partial charge in [0.1, 0.15) is 5.54 Å². The molecule has 0 bridgehead atoms. The molecular formula is C16H30N2O. The van der Waals surface area contributed by atoms with Crippen LogP contribution in [0.3, 0.4) is 0 Å². The van der Waals surface area contributed by atoms with Crippen LogP contribution in [0.2, 0.25) is 0 Å². The number of nitriles is 1. The molecule has 1 aliphatic carbocycles. The monoisotopic (exact) mass is 266 g/mol. The van der Waals surface area contributed by atoms with Gasteiger partial charge in [-0.05, 0) is 38.1 Å². The van der Waals surface area contributed by atoms with Crippen LogP contribution in [0.15, 0.2) is 0 Å². The molecule has 0 heterocycles. The lowest BCUT2D eigenvalue weighted by atomic mass is 9.96. The smallest absolute Gasteiger partial charge is 0.133 e. The molecule has 1 fully saturated rings. The Morgan fingerprint density at radius 1 is 1.16 bits per heavy atom. The first-order valence-electron chi connectivity index (χ1n) is 8.03. The maximum Gasteiger partial charge on any atom is 0.133 e. The van der Waals surface area contributed by atoms with Gasteiger partial charge in [-0.25, -0.2) is 0 Å². The number of nitrogens with one attached hydrogen (secondary N) is 1. The van der Waals surface area contributed by atoms with E-state index in [1.54, 1.807) is 0 Å². The quantitative estimate of drug-likeness (QED) is 0.548. The summed E-state index contributed by atoms with van der Waals surface area (Å²) >= 11 is 0. The van der Waals surface area contributed by atoms with Crippen molar-refractivity contribution in [3.63, 3.8) is 0 Å². The summed E-state index contributed by atoms with van der Waals surface area (Å²) in [6.45, 7) is 6.63. The number of ether oxygens (including phenoxy) is 1. The molecular weight excluding hydrogens is 236 g/mol. The molecule has 1 aliphatic rings. The molecule has 1 saturated carbocycles. The molecule has 0 aromatic rings. The molecule has 1 atom stereocenters. The van der Waals surface area contributed by atoms with Crippen LogP contribution in [0.1, 0.15) is 65.2 Å². The van der Waals surface area contributed by atoms with Gasteiger partial charge in [-0.15, -0.1) is 0 Å². The second kappa shape index (κ2) is 9.34. The van der Waals surface area contributed by atoms with E-state index in [4.69, 9.17) is 4.74 Å². The zero-order chi connectivity index (χ0) is 14.0. The molecule has 1 N–H and O–H groups in total. The maximum absolute atomic E-state index is 9.49. The summed E-state index contributed by atoms with van der Waals surface area (Å²) in [5, 5.41) is 12.9. The van der Waals surface area contributed by atoms with Gasteiger partial charge in [-0.1, -0.05) is 39.5 Å². The molecule has 19 heavy (non-hydrogen) atoms. The summed E-state index contributed by atoms with van der Waals surface area (Å²) in [7, 11) is 0. The molecule has 0 aliphatic heterocycles. The van der Waals surface area contributed by atoms with Crippen LogP contribution in [-0.2, 0) is 4.74 Å². The molecule has 0 saturated heterocycles. The average Bonchev–Trinajstić information content (AvgIpc) is 3.26. The van der Waals surface area contributed by atoms with Crippen molar-refractivity contribution in [2.75, 3.05) is 19.8 Å². The van der Waals surface area contributed by atoms with Crippen molar-refractivity contribution in [3.05, 3.63) is 0 Å². The van der Waals surface area contributed by atoms with Gasteiger partial charge in [0, 0.05) is 6.61 Å². The van der Waals surface area contributed by atoms with Gasteiger partial charge in [-0.3, -0.25) is 5.32 Å². The van der Waals surface area contributed by atoms with Gasteiger partial charge >= 0.3 is 0 Å². The lowest BCUT2D eigenvalue weighted by Gasteiger charge is -2.27. The van der Waals surface area contributed by atoms with Crippen LogP contribution in [0.4, 0.5) is 0 Å². The predicted molar refractivity (Wildman–Crippen MR) is 78.9 cm³/mol. The number of unbranched alkanes of at least 4 members (excludes halogenated alkanes) is 4. The lowest BCUT2D eigenvalue weighted by Crippen LogP contribution is -2.50. The molecule has 0 aromatic heterocycles. The van der Waals surface area contributed by atoms with Gasteiger partial charge in [0.15, 0.2) is 0 Å². The van der Waals surface area contributed by atoms with Crippen molar-refractivity contribution < 1.29 is 4.74 Å². The molecule has 1 unspecified atom stereocenters. The van der Waals surface area contributed by atoms with Gasteiger partial charge in [-0.2, -0.15) is 5.26 Å². The third kappa shape index (κ3) is 5.93. The Balaban J connectivity index is 2.20. The first kappa shape index (κ1) is 16.5. The van der Waals surface area contributed by atoms with Gasteiger partial charge in [0.05, 0.1) is 12.7 Å². The molecule has 0 radical (unpaired) electrons. The third-order valence-corrected chi connectivity index (χ3v) is 3.89. The summed E-state index contributed by atoms with van der Waals surface area (Å²) in [6.07, 6.45) is 9.68. The Bertz CT molecular complexity index is 270. The largest absolute Gasteiger partial charge is 0.378 e. The lowest BCUT2D eigenvalue weighted by molar-refractivity contribution is 0.0781. The van der Waals surface area contributed by atoms with E-state index < -0.39 is 5.54 Å². The van der Waals surface area contributed by atoms with E-state index in [9.17, 15) is 5.26 Å². The van der Waals surface area contributed by atoms with Crippen molar-refractivity contribution in [1.82, 2.24) is 5.32 Å². The first-order chi connectivity index (χ1) is 9.29. The van der Waals surface area contributed by atoms with Gasteiger partial charge in [0.25, 0.3) is 0 Å². The molecule has 3 nitrogen and oxygen atoms in total. The third-order valence-electron chi connectivity index (χ3n) is 3.89. The van der Waals surface area contributed by atoms with Crippen LogP contribution in [0.5, 0.6) is 0 Å². The number of rotatable bonds is 12. The Hall–Kier alpha value is -0.590. The minimum Gasteiger partial charge on any atom is -0.378 e. The Labute approximate surface area is 118 Å². The number of hydrogen-bond donors (Lipinski definition) is 1. The van der Waals surface area contributed by atoms with E-state index in [0.29, 0.717) is 12.5 Å². The van der Waals surface area contributed by atoms with E-state index in [0.717, 1.165) is 26.0 Å². The van der Waals surface area contributed by atoms with E-state index in [1.807, 2.05) is 0 Å². The Kier molecular flexibility index (Phi) is 8.09. The van der Waals surface area contributed by atoms with Crippen molar-refractivity contribution in [2.24, 2.45) is 5.92 Å². The predicted octanol–water partition coefficient (Wildman–Crippen LogP) is 3.65. The fraction of sp³-hybridized carbons (Fsp3) is 0.938. The summed E-state index contributed by atoms with van der Waals surface area (Å²) in [4.78, 5) is 0. The Morgan fingerprint density at radius 2 is 1.89 bits per heavy atom. The molecule has 0 amide bonds. The zero-order valence-corrected chi connectivity index (χ0v) is 12.7. The highest BCUT2D eigenvalue weighted by molar-refractivity contribution is 5.15. The maximum atomic E-state index is 9.49. The highest BCUT2D eigenvalue weighted by Gasteiger charge is 2.45. The number of nitrogens with zero attached hydrogens (tertiary/aromatic N) is 1. The molecule has 0 aromatic carbocycles. The van der Waals surface area contributed by atoms with Crippen molar-refractivity contribution in [2.45, 2.75) is 70.8 Å². The van der Waals surface area contributed by atoms with E-state index in [-0.39, 0.29) is 0 Å². The van der Waals surface area contributed by atoms with Crippen LogP contribution in [0, 0.1) is 17.2 Å². The van der Waals surface area contributed by atoms with Crippen molar-refractivity contribution in [1.29, 1.82) is 5.26 Å². The number of hydrogen-bond acceptors (Lipinski definition) is 3. The standard InChI is InChI=1S/C16H30N2O/c1-3-5-6-7-8-12-19-14-16(13-17,15-9-10-15)18-11-4-2/h15,18H,3-12,14H2,1-2H3. The minimum atomic E-state index is -0.417. The second-order valence-corrected chi connectivity index (χ2v) is 5.75. The summed E-state index contributed by atoms with van der Waals surface area (Å²) < 4.78 is 5.78. The Morgan fingerprint density at radius 3 is 2.47 bits per heavy atom.